The molecule has 0 fully saturated rings. The highest BCUT2D eigenvalue weighted by atomic mass is 16.2. The van der Waals surface area contributed by atoms with Gasteiger partial charge in [-0.1, -0.05) is 43.3 Å². The molecule has 3 heteroatoms. The van der Waals surface area contributed by atoms with Crippen LogP contribution in [0.2, 0.25) is 0 Å². The number of nitrogens with zero attached hydrogens (tertiary/aromatic N) is 1. The minimum absolute atomic E-state index is 0.0579. The Morgan fingerprint density at radius 3 is 2.79 bits per heavy atom. The molecule has 0 saturated heterocycles. The second-order valence-electron chi connectivity index (χ2n) is 6.66. The molecular weight excluding hydrogens is 296 g/mol. The van der Waals surface area contributed by atoms with Crippen LogP contribution in [0.5, 0.6) is 0 Å². The van der Waals surface area contributed by atoms with Crippen LogP contribution >= 0.6 is 0 Å². The number of hydrogen-bond donors (Lipinski definition) is 1. The molecule has 3 nitrogen and oxygen atoms in total. The Morgan fingerprint density at radius 2 is 2.00 bits per heavy atom. The number of carbonyl (C=O) groups is 1. The second kappa shape index (κ2) is 7.08. The summed E-state index contributed by atoms with van der Waals surface area (Å²) in [4.78, 5) is 14.9. The van der Waals surface area contributed by atoms with Gasteiger partial charge in [0, 0.05) is 17.4 Å². The SMILES string of the molecule is CCc1cccc(C)c1NC(=O)CN1c2ccccc2CC[C@H]1C. The third-order valence-electron chi connectivity index (χ3n) is 4.98. The molecule has 0 bridgehead atoms. The second-order valence-corrected chi connectivity index (χ2v) is 6.66. The molecule has 1 atom stereocenters. The van der Waals surface area contributed by atoms with E-state index in [0.29, 0.717) is 12.6 Å². The first-order valence-corrected chi connectivity index (χ1v) is 8.83. The molecule has 1 aliphatic rings. The zero-order valence-corrected chi connectivity index (χ0v) is 14.8. The van der Waals surface area contributed by atoms with Crippen LogP contribution in [0.3, 0.4) is 0 Å². The van der Waals surface area contributed by atoms with Crippen LogP contribution in [-0.2, 0) is 17.6 Å². The van der Waals surface area contributed by atoms with Gasteiger partial charge in [0.15, 0.2) is 0 Å². The Kier molecular flexibility index (Phi) is 4.89. The molecule has 1 N–H and O–H groups in total. The third-order valence-corrected chi connectivity index (χ3v) is 4.98. The first-order valence-electron chi connectivity index (χ1n) is 8.83. The molecule has 126 valence electrons. The van der Waals surface area contributed by atoms with Crippen molar-refractivity contribution in [3.63, 3.8) is 0 Å². The molecule has 24 heavy (non-hydrogen) atoms. The molecule has 0 saturated carbocycles. The van der Waals surface area contributed by atoms with E-state index in [1.807, 2.05) is 19.1 Å². The topological polar surface area (TPSA) is 32.3 Å². The summed E-state index contributed by atoms with van der Waals surface area (Å²) in [6, 6.07) is 15.0. The lowest BCUT2D eigenvalue weighted by atomic mass is 9.96. The molecule has 1 aliphatic heterocycles. The summed E-state index contributed by atoms with van der Waals surface area (Å²) in [5.74, 6) is 0.0579. The monoisotopic (exact) mass is 322 g/mol. The smallest absolute Gasteiger partial charge is 0.243 e. The van der Waals surface area contributed by atoms with E-state index < -0.39 is 0 Å². The van der Waals surface area contributed by atoms with Gasteiger partial charge in [0.2, 0.25) is 5.91 Å². The lowest BCUT2D eigenvalue weighted by Gasteiger charge is -2.36. The van der Waals surface area contributed by atoms with Gasteiger partial charge < -0.3 is 10.2 Å². The predicted molar refractivity (Wildman–Crippen MR) is 101 cm³/mol. The van der Waals surface area contributed by atoms with Crippen molar-refractivity contribution >= 4 is 17.3 Å². The van der Waals surface area contributed by atoms with Crippen molar-refractivity contribution in [2.45, 2.75) is 46.1 Å². The average molecular weight is 322 g/mol. The van der Waals surface area contributed by atoms with Gasteiger partial charge in [0.05, 0.1) is 6.54 Å². The van der Waals surface area contributed by atoms with Gasteiger partial charge in [-0.05, 0) is 55.9 Å². The number of anilines is 2. The van der Waals surface area contributed by atoms with E-state index in [-0.39, 0.29) is 5.91 Å². The fourth-order valence-electron chi connectivity index (χ4n) is 3.54. The van der Waals surface area contributed by atoms with E-state index in [1.54, 1.807) is 0 Å². The van der Waals surface area contributed by atoms with Gasteiger partial charge in [-0.2, -0.15) is 0 Å². The van der Waals surface area contributed by atoms with Crippen LogP contribution in [0, 0.1) is 6.92 Å². The molecule has 0 aliphatic carbocycles. The maximum Gasteiger partial charge on any atom is 0.243 e. The third kappa shape index (κ3) is 3.30. The number of para-hydroxylation sites is 2. The van der Waals surface area contributed by atoms with Crippen molar-refractivity contribution in [1.82, 2.24) is 0 Å². The number of rotatable bonds is 4. The Morgan fingerprint density at radius 1 is 1.21 bits per heavy atom. The summed E-state index contributed by atoms with van der Waals surface area (Å²) in [6.45, 7) is 6.77. The number of amides is 1. The number of benzene rings is 2. The normalized spacial score (nSPS) is 16.6. The Balaban J connectivity index is 1.79. The lowest BCUT2D eigenvalue weighted by Crippen LogP contribution is -2.42. The van der Waals surface area contributed by atoms with Gasteiger partial charge in [0.1, 0.15) is 0 Å². The number of carbonyl (C=O) groups excluding carboxylic acids is 1. The number of aryl methyl sites for hydroxylation is 3. The zero-order chi connectivity index (χ0) is 17.1. The summed E-state index contributed by atoms with van der Waals surface area (Å²) >= 11 is 0. The number of nitrogens with one attached hydrogen (secondary N) is 1. The molecule has 0 aromatic heterocycles. The highest BCUT2D eigenvalue weighted by molar-refractivity contribution is 5.95. The largest absolute Gasteiger partial charge is 0.359 e. The summed E-state index contributed by atoms with van der Waals surface area (Å²) in [7, 11) is 0. The average Bonchev–Trinajstić information content (AvgIpc) is 2.59. The van der Waals surface area contributed by atoms with Gasteiger partial charge in [0.25, 0.3) is 0 Å². The van der Waals surface area contributed by atoms with E-state index in [0.717, 1.165) is 30.5 Å². The van der Waals surface area contributed by atoms with Gasteiger partial charge in [-0.3, -0.25) is 4.79 Å². The Bertz CT molecular complexity index is 738. The van der Waals surface area contributed by atoms with Gasteiger partial charge in [-0.15, -0.1) is 0 Å². The first kappa shape index (κ1) is 16.6. The van der Waals surface area contributed by atoms with Crippen LogP contribution < -0.4 is 10.2 Å². The Hall–Kier alpha value is -2.29. The molecule has 0 unspecified atom stereocenters. The van der Waals surface area contributed by atoms with E-state index in [4.69, 9.17) is 0 Å². The van der Waals surface area contributed by atoms with E-state index in [1.165, 1.54) is 16.8 Å². The van der Waals surface area contributed by atoms with Crippen molar-refractivity contribution in [3.05, 3.63) is 59.2 Å². The summed E-state index contributed by atoms with van der Waals surface area (Å²) in [6.07, 6.45) is 3.10. The number of fused-ring (bicyclic) bond motifs is 1. The molecular formula is C21H26N2O. The summed E-state index contributed by atoms with van der Waals surface area (Å²) < 4.78 is 0. The Labute approximate surface area is 144 Å². The lowest BCUT2D eigenvalue weighted by molar-refractivity contribution is -0.115. The van der Waals surface area contributed by atoms with Crippen LogP contribution in [0.1, 0.15) is 37.0 Å². The number of hydrogen-bond acceptors (Lipinski definition) is 2. The van der Waals surface area contributed by atoms with E-state index >= 15 is 0 Å². The van der Waals surface area contributed by atoms with Crippen molar-refractivity contribution in [3.8, 4) is 0 Å². The van der Waals surface area contributed by atoms with Crippen molar-refractivity contribution in [1.29, 1.82) is 0 Å². The minimum atomic E-state index is 0.0579. The van der Waals surface area contributed by atoms with Gasteiger partial charge >= 0.3 is 0 Å². The molecule has 1 heterocycles. The summed E-state index contributed by atoms with van der Waals surface area (Å²) in [5, 5.41) is 3.15. The van der Waals surface area contributed by atoms with Crippen LogP contribution in [0.15, 0.2) is 42.5 Å². The van der Waals surface area contributed by atoms with Gasteiger partial charge in [-0.25, -0.2) is 0 Å². The first-order chi connectivity index (χ1) is 11.6. The highest BCUT2D eigenvalue weighted by Crippen LogP contribution is 2.30. The quantitative estimate of drug-likeness (QED) is 0.908. The summed E-state index contributed by atoms with van der Waals surface area (Å²) in [5.41, 5.74) is 5.83. The van der Waals surface area contributed by atoms with Crippen LogP contribution in [0.25, 0.3) is 0 Å². The molecule has 3 rings (SSSR count). The maximum atomic E-state index is 12.7. The standard InChI is InChI=1S/C21H26N2O/c1-4-17-10-7-8-15(2)21(17)22-20(24)14-23-16(3)12-13-18-9-5-6-11-19(18)23/h5-11,16H,4,12-14H2,1-3H3,(H,22,24)/t16-/m1/s1. The minimum Gasteiger partial charge on any atom is -0.359 e. The van der Waals surface area contributed by atoms with E-state index in [9.17, 15) is 4.79 Å². The predicted octanol–water partition coefficient (Wildman–Crippen LogP) is 4.34. The van der Waals surface area contributed by atoms with Crippen molar-refractivity contribution in [2.24, 2.45) is 0 Å². The maximum absolute atomic E-state index is 12.7. The fraction of sp³-hybridized carbons (Fsp3) is 0.381. The molecule has 0 radical (unpaired) electrons. The molecule has 0 spiro atoms. The fourth-order valence-corrected chi connectivity index (χ4v) is 3.54. The van der Waals surface area contributed by atoms with Crippen LogP contribution in [-0.4, -0.2) is 18.5 Å². The van der Waals surface area contributed by atoms with Crippen molar-refractivity contribution < 1.29 is 4.79 Å². The van der Waals surface area contributed by atoms with Crippen molar-refractivity contribution in [2.75, 3.05) is 16.8 Å². The molecule has 2 aromatic carbocycles. The van der Waals surface area contributed by atoms with E-state index in [2.05, 4.69) is 54.4 Å². The zero-order valence-electron chi connectivity index (χ0n) is 14.8. The molecule has 1 amide bonds. The van der Waals surface area contributed by atoms with Crippen LogP contribution in [0.4, 0.5) is 11.4 Å². The highest BCUT2D eigenvalue weighted by Gasteiger charge is 2.24. The molecule has 2 aromatic rings.